The van der Waals surface area contributed by atoms with Crippen molar-refractivity contribution in [2.75, 3.05) is 37.4 Å². The predicted octanol–water partition coefficient (Wildman–Crippen LogP) is 3.54. The number of aryl methyl sites for hydroxylation is 1. The van der Waals surface area contributed by atoms with Gasteiger partial charge in [0.1, 0.15) is 5.75 Å². The maximum absolute atomic E-state index is 13.1. The standard InChI is InChI=1S/C25H27N3O5S/c1-18-8-10-20(11-9-18)26-24(29)17-27(2)25(30)19-6-5-7-23(16-19)34(31,32)28(3)21-12-14-22(33-4)15-13-21/h5-16H,17H2,1-4H3,(H,26,29). The van der Waals surface area contributed by atoms with Crippen LogP contribution in [0, 0.1) is 6.92 Å². The summed E-state index contributed by atoms with van der Waals surface area (Å²) in [5, 5.41) is 2.74. The molecule has 0 saturated heterocycles. The molecule has 0 bridgehead atoms. The molecule has 0 heterocycles. The molecule has 34 heavy (non-hydrogen) atoms. The van der Waals surface area contributed by atoms with Crippen molar-refractivity contribution in [3.05, 3.63) is 83.9 Å². The molecule has 0 aliphatic heterocycles. The van der Waals surface area contributed by atoms with Crippen molar-refractivity contribution in [1.29, 1.82) is 0 Å². The van der Waals surface area contributed by atoms with Crippen LogP contribution in [0.5, 0.6) is 5.75 Å². The Morgan fingerprint density at radius 1 is 0.941 bits per heavy atom. The SMILES string of the molecule is COc1ccc(N(C)S(=O)(=O)c2cccc(C(=O)N(C)CC(=O)Nc3ccc(C)cc3)c2)cc1. The van der Waals surface area contributed by atoms with Crippen LogP contribution in [0.1, 0.15) is 15.9 Å². The highest BCUT2D eigenvalue weighted by Gasteiger charge is 2.23. The van der Waals surface area contributed by atoms with Crippen molar-refractivity contribution in [2.24, 2.45) is 0 Å². The molecule has 0 spiro atoms. The van der Waals surface area contributed by atoms with Gasteiger partial charge in [-0.05, 0) is 61.5 Å². The van der Waals surface area contributed by atoms with E-state index in [0.717, 1.165) is 9.87 Å². The summed E-state index contributed by atoms with van der Waals surface area (Å²) in [5.41, 5.74) is 2.31. The first-order chi connectivity index (χ1) is 16.1. The first-order valence-electron chi connectivity index (χ1n) is 10.5. The maximum atomic E-state index is 13.1. The Bertz CT molecular complexity index is 1270. The lowest BCUT2D eigenvalue weighted by atomic mass is 10.2. The number of carbonyl (C=O) groups is 2. The molecule has 2 amide bonds. The van der Waals surface area contributed by atoms with Crippen molar-refractivity contribution in [1.82, 2.24) is 4.90 Å². The number of hydrogen-bond donors (Lipinski definition) is 1. The van der Waals surface area contributed by atoms with E-state index < -0.39 is 15.9 Å². The molecule has 0 aromatic heterocycles. The maximum Gasteiger partial charge on any atom is 0.264 e. The van der Waals surface area contributed by atoms with Crippen LogP contribution in [-0.2, 0) is 14.8 Å². The van der Waals surface area contributed by atoms with Crippen molar-refractivity contribution >= 4 is 33.2 Å². The molecule has 0 unspecified atom stereocenters. The molecular formula is C25H27N3O5S. The van der Waals surface area contributed by atoms with Crippen molar-refractivity contribution in [2.45, 2.75) is 11.8 Å². The fourth-order valence-corrected chi connectivity index (χ4v) is 4.47. The fourth-order valence-electron chi connectivity index (χ4n) is 3.22. The minimum absolute atomic E-state index is 0.0332. The summed E-state index contributed by atoms with van der Waals surface area (Å²) in [5.74, 6) is -0.220. The van der Waals surface area contributed by atoms with Gasteiger partial charge in [0.05, 0.1) is 24.2 Å². The first-order valence-corrected chi connectivity index (χ1v) is 11.9. The lowest BCUT2D eigenvalue weighted by molar-refractivity contribution is -0.116. The second-order valence-corrected chi connectivity index (χ2v) is 9.74. The smallest absolute Gasteiger partial charge is 0.264 e. The molecule has 1 N–H and O–H groups in total. The number of amides is 2. The van der Waals surface area contributed by atoms with E-state index in [1.165, 1.54) is 50.4 Å². The number of benzene rings is 3. The molecule has 178 valence electrons. The lowest BCUT2D eigenvalue weighted by Gasteiger charge is -2.21. The summed E-state index contributed by atoms with van der Waals surface area (Å²) in [4.78, 5) is 26.4. The number of ether oxygens (including phenoxy) is 1. The van der Waals surface area contributed by atoms with Crippen LogP contribution in [-0.4, -0.2) is 52.9 Å². The summed E-state index contributed by atoms with van der Waals surface area (Å²) in [6.07, 6.45) is 0. The molecule has 0 atom stereocenters. The van der Waals surface area contributed by atoms with Crippen molar-refractivity contribution in [3.63, 3.8) is 0 Å². The Morgan fingerprint density at radius 3 is 2.21 bits per heavy atom. The van der Waals surface area contributed by atoms with E-state index in [9.17, 15) is 18.0 Å². The Labute approximate surface area is 199 Å². The van der Waals surface area contributed by atoms with E-state index in [0.29, 0.717) is 17.1 Å². The highest BCUT2D eigenvalue weighted by Crippen LogP contribution is 2.25. The molecule has 3 rings (SSSR count). The Kier molecular flexibility index (Phi) is 7.57. The van der Waals surface area contributed by atoms with E-state index >= 15 is 0 Å². The third-order valence-corrected chi connectivity index (χ3v) is 7.02. The van der Waals surface area contributed by atoms with Crippen LogP contribution >= 0.6 is 0 Å². The average molecular weight is 482 g/mol. The summed E-state index contributed by atoms with van der Waals surface area (Å²) in [7, 11) is 0.536. The highest BCUT2D eigenvalue weighted by atomic mass is 32.2. The number of nitrogens with one attached hydrogen (secondary N) is 1. The Morgan fingerprint density at radius 2 is 1.59 bits per heavy atom. The number of hydrogen-bond acceptors (Lipinski definition) is 5. The van der Waals surface area contributed by atoms with Crippen LogP contribution < -0.4 is 14.4 Å². The third kappa shape index (κ3) is 5.74. The second kappa shape index (κ2) is 10.4. The zero-order valence-electron chi connectivity index (χ0n) is 19.5. The summed E-state index contributed by atoms with van der Waals surface area (Å²) in [6, 6.07) is 19.7. The van der Waals surface area contributed by atoms with Gasteiger partial charge in [-0.25, -0.2) is 8.42 Å². The van der Waals surface area contributed by atoms with E-state index in [4.69, 9.17) is 4.74 Å². The molecule has 9 heteroatoms. The number of methoxy groups -OCH3 is 1. The van der Waals surface area contributed by atoms with E-state index in [1.807, 2.05) is 19.1 Å². The van der Waals surface area contributed by atoms with Gasteiger partial charge in [-0.1, -0.05) is 23.8 Å². The normalized spacial score (nSPS) is 10.9. The predicted molar refractivity (Wildman–Crippen MR) is 132 cm³/mol. The van der Waals surface area contributed by atoms with Crippen molar-refractivity contribution < 1.29 is 22.7 Å². The number of nitrogens with zero attached hydrogens (tertiary/aromatic N) is 2. The van der Waals surface area contributed by atoms with Crippen LogP contribution in [0.25, 0.3) is 0 Å². The zero-order valence-corrected chi connectivity index (χ0v) is 20.3. The first kappa shape index (κ1) is 24.8. The van der Waals surface area contributed by atoms with E-state index in [2.05, 4.69) is 5.32 Å². The molecule has 8 nitrogen and oxygen atoms in total. The number of rotatable bonds is 8. The minimum Gasteiger partial charge on any atom is -0.497 e. The molecule has 0 saturated carbocycles. The topological polar surface area (TPSA) is 96.0 Å². The molecule has 0 radical (unpaired) electrons. The number of anilines is 2. The van der Waals surface area contributed by atoms with Crippen LogP contribution in [0.3, 0.4) is 0 Å². The summed E-state index contributed by atoms with van der Waals surface area (Å²) < 4.78 is 32.5. The van der Waals surface area contributed by atoms with Gasteiger partial charge in [-0.2, -0.15) is 0 Å². The number of carbonyl (C=O) groups excluding carboxylic acids is 2. The Hall–Kier alpha value is -3.85. The van der Waals surface area contributed by atoms with Crippen molar-refractivity contribution in [3.8, 4) is 5.75 Å². The van der Waals surface area contributed by atoms with Gasteiger partial charge >= 0.3 is 0 Å². The lowest BCUT2D eigenvalue weighted by Crippen LogP contribution is -2.35. The molecule has 0 fully saturated rings. The molecule has 0 aliphatic rings. The van der Waals surface area contributed by atoms with Gasteiger partial charge in [-0.3, -0.25) is 13.9 Å². The highest BCUT2D eigenvalue weighted by molar-refractivity contribution is 7.92. The Balaban J connectivity index is 1.73. The molecule has 3 aromatic carbocycles. The summed E-state index contributed by atoms with van der Waals surface area (Å²) >= 11 is 0. The third-order valence-electron chi connectivity index (χ3n) is 5.24. The molecular weight excluding hydrogens is 454 g/mol. The van der Waals surface area contributed by atoms with Gasteiger partial charge in [0.25, 0.3) is 15.9 Å². The largest absolute Gasteiger partial charge is 0.497 e. The molecule has 3 aromatic rings. The van der Waals surface area contributed by atoms with Crippen LogP contribution in [0.4, 0.5) is 11.4 Å². The number of likely N-dealkylation sites (N-methyl/N-ethyl adjacent to an activating group) is 1. The van der Waals surface area contributed by atoms with Gasteiger partial charge in [0.15, 0.2) is 0 Å². The van der Waals surface area contributed by atoms with Crippen LogP contribution in [0.2, 0.25) is 0 Å². The van der Waals surface area contributed by atoms with Gasteiger partial charge in [-0.15, -0.1) is 0 Å². The number of sulfonamides is 1. The van der Waals surface area contributed by atoms with Gasteiger partial charge in [0.2, 0.25) is 5.91 Å². The van der Waals surface area contributed by atoms with E-state index in [1.54, 1.807) is 36.4 Å². The quantitative estimate of drug-likeness (QED) is 0.531. The fraction of sp³-hybridized carbons (Fsp3) is 0.200. The average Bonchev–Trinajstić information content (AvgIpc) is 2.84. The van der Waals surface area contributed by atoms with Gasteiger partial charge in [0, 0.05) is 25.3 Å². The van der Waals surface area contributed by atoms with Gasteiger partial charge < -0.3 is 15.0 Å². The second-order valence-electron chi connectivity index (χ2n) is 7.77. The monoisotopic (exact) mass is 481 g/mol. The van der Waals surface area contributed by atoms with Crippen LogP contribution in [0.15, 0.2) is 77.7 Å². The minimum atomic E-state index is -3.92. The van der Waals surface area contributed by atoms with E-state index in [-0.39, 0.29) is 22.9 Å². The molecule has 0 aliphatic carbocycles. The zero-order chi connectivity index (χ0) is 24.9. The summed E-state index contributed by atoms with van der Waals surface area (Å²) in [6.45, 7) is 1.76.